The molecule has 0 aromatic heterocycles. The van der Waals surface area contributed by atoms with E-state index in [9.17, 15) is 8.78 Å². The minimum atomic E-state index is -2.47. The number of nitrogens with two attached hydrogens (primary N) is 1. The van der Waals surface area contributed by atoms with E-state index in [0.717, 1.165) is 25.9 Å². The molecule has 2 N–H and O–H groups in total. The molecule has 1 aliphatic rings. The maximum Gasteiger partial charge on any atom is 0.265 e. The van der Waals surface area contributed by atoms with Gasteiger partial charge in [-0.2, -0.15) is 0 Å². The van der Waals surface area contributed by atoms with Crippen molar-refractivity contribution < 1.29 is 8.78 Å². The lowest BCUT2D eigenvalue weighted by molar-refractivity contribution is 0.151. The Bertz CT molecular complexity index is 420. The zero-order chi connectivity index (χ0) is 13.3. The standard InChI is InChI=1S/C14H20F2N2/c1-14(2)5-7-18(8-6-14)12-4-3-10(17)9-11(12)13(15)16/h3-4,9,13H,5-8,17H2,1-2H3. The van der Waals surface area contributed by atoms with Gasteiger partial charge in [0.25, 0.3) is 6.43 Å². The van der Waals surface area contributed by atoms with Crippen LogP contribution < -0.4 is 10.6 Å². The van der Waals surface area contributed by atoms with Crippen LogP contribution in [0.4, 0.5) is 20.2 Å². The highest BCUT2D eigenvalue weighted by atomic mass is 19.3. The first kappa shape index (κ1) is 13.1. The van der Waals surface area contributed by atoms with Crippen molar-refractivity contribution in [1.29, 1.82) is 0 Å². The van der Waals surface area contributed by atoms with Gasteiger partial charge < -0.3 is 10.6 Å². The molecule has 1 aliphatic heterocycles. The Morgan fingerprint density at radius 3 is 2.39 bits per heavy atom. The lowest BCUT2D eigenvalue weighted by Gasteiger charge is -2.39. The van der Waals surface area contributed by atoms with E-state index in [2.05, 4.69) is 13.8 Å². The molecule has 2 rings (SSSR count). The maximum atomic E-state index is 13.0. The van der Waals surface area contributed by atoms with E-state index in [1.165, 1.54) is 6.07 Å². The number of alkyl halides is 2. The van der Waals surface area contributed by atoms with Gasteiger partial charge in [0.05, 0.1) is 0 Å². The van der Waals surface area contributed by atoms with E-state index in [4.69, 9.17) is 5.73 Å². The summed E-state index contributed by atoms with van der Waals surface area (Å²) in [4.78, 5) is 2.05. The molecule has 100 valence electrons. The largest absolute Gasteiger partial charge is 0.399 e. The van der Waals surface area contributed by atoms with Crippen LogP contribution in [-0.4, -0.2) is 13.1 Å². The Hall–Kier alpha value is -1.32. The fourth-order valence-electron chi connectivity index (χ4n) is 2.39. The highest BCUT2D eigenvalue weighted by molar-refractivity contribution is 5.60. The molecule has 0 bridgehead atoms. The fraction of sp³-hybridized carbons (Fsp3) is 0.571. The normalized spacial score (nSPS) is 19.3. The minimum absolute atomic E-state index is 0.0507. The third-order valence-electron chi connectivity index (χ3n) is 3.74. The summed E-state index contributed by atoms with van der Waals surface area (Å²) >= 11 is 0. The summed E-state index contributed by atoms with van der Waals surface area (Å²) in [5.41, 5.74) is 6.98. The molecule has 0 aliphatic carbocycles. The summed E-state index contributed by atoms with van der Waals surface area (Å²) in [5, 5.41) is 0. The lowest BCUT2D eigenvalue weighted by atomic mass is 9.82. The van der Waals surface area contributed by atoms with E-state index in [1.807, 2.05) is 4.90 Å². The van der Waals surface area contributed by atoms with Gasteiger partial charge in [0.2, 0.25) is 0 Å². The van der Waals surface area contributed by atoms with Crippen molar-refractivity contribution in [1.82, 2.24) is 0 Å². The van der Waals surface area contributed by atoms with Crippen LogP contribution >= 0.6 is 0 Å². The number of rotatable bonds is 2. The van der Waals surface area contributed by atoms with Crippen molar-refractivity contribution in [2.24, 2.45) is 5.41 Å². The van der Waals surface area contributed by atoms with Gasteiger partial charge >= 0.3 is 0 Å². The van der Waals surface area contributed by atoms with Crippen LogP contribution in [0.15, 0.2) is 18.2 Å². The first-order chi connectivity index (χ1) is 8.39. The molecule has 2 nitrogen and oxygen atoms in total. The van der Waals surface area contributed by atoms with Gasteiger partial charge in [0.15, 0.2) is 0 Å². The lowest BCUT2D eigenvalue weighted by Crippen LogP contribution is -2.37. The van der Waals surface area contributed by atoms with Gasteiger partial charge in [-0.3, -0.25) is 0 Å². The number of anilines is 2. The van der Waals surface area contributed by atoms with E-state index in [0.29, 0.717) is 16.8 Å². The summed E-state index contributed by atoms with van der Waals surface area (Å²) in [7, 11) is 0. The quantitative estimate of drug-likeness (QED) is 0.813. The summed E-state index contributed by atoms with van der Waals surface area (Å²) in [6, 6.07) is 4.80. The second-order valence-electron chi connectivity index (χ2n) is 5.77. The first-order valence-electron chi connectivity index (χ1n) is 6.31. The van der Waals surface area contributed by atoms with E-state index < -0.39 is 6.43 Å². The van der Waals surface area contributed by atoms with Crippen molar-refractivity contribution in [3.05, 3.63) is 23.8 Å². The summed E-state index contributed by atoms with van der Waals surface area (Å²) in [6.45, 7) is 6.11. The molecule has 18 heavy (non-hydrogen) atoms. The van der Waals surface area contributed by atoms with E-state index in [1.54, 1.807) is 12.1 Å². The predicted molar refractivity (Wildman–Crippen MR) is 71.0 cm³/mol. The van der Waals surface area contributed by atoms with Crippen molar-refractivity contribution in [3.8, 4) is 0 Å². The van der Waals surface area contributed by atoms with Crippen molar-refractivity contribution in [3.63, 3.8) is 0 Å². The molecule has 0 radical (unpaired) electrons. The number of halogens is 2. The van der Waals surface area contributed by atoms with E-state index in [-0.39, 0.29) is 5.56 Å². The van der Waals surface area contributed by atoms with Crippen LogP contribution in [0.25, 0.3) is 0 Å². The third-order valence-corrected chi connectivity index (χ3v) is 3.74. The molecule has 1 heterocycles. The van der Waals surface area contributed by atoms with E-state index >= 15 is 0 Å². The number of hydrogen-bond acceptors (Lipinski definition) is 2. The van der Waals surface area contributed by atoms with Crippen molar-refractivity contribution in [2.45, 2.75) is 33.1 Å². The molecular weight excluding hydrogens is 234 g/mol. The summed E-state index contributed by atoms with van der Waals surface area (Å²) < 4.78 is 26.1. The smallest absolute Gasteiger partial charge is 0.265 e. The molecule has 1 saturated heterocycles. The molecule has 0 spiro atoms. The Morgan fingerprint density at radius 2 is 1.83 bits per heavy atom. The highest BCUT2D eigenvalue weighted by Gasteiger charge is 2.27. The minimum Gasteiger partial charge on any atom is -0.399 e. The summed E-state index contributed by atoms with van der Waals surface area (Å²) in [5.74, 6) is 0. The molecule has 1 aromatic rings. The van der Waals surface area contributed by atoms with Gasteiger partial charge in [0.1, 0.15) is 0 Å². The van der Waals surface area contributed by atoms with Crippen LogP contribution in [0.5, 0.6) is 0 Å². The molecule has 0 amide bonds. The number of piperidine rings is 1. The van der Waals surface area contributed by atoms with Gasteiger partial charge in [-0.1, -0.05) is 13.8 Å². The average molecular weight is 254 g/mol. The van der Waals surface area contributed by atoms with Gasteiger partial charge in [0, 0.05) is 30.0 Å². The Morgan fingerprint density at radius 1 is 1.22 bits per heavy atom. The second kappa shape index (κ2) is 4.75. The fourth-order valence-corrected chi connectivity index (χ4v) is 2.39. The van der Waals surface area contributed by atoms with Crippen LogP contribution in [0.3, 0.4) is 0 Å². The van der Waals surface area contributed by atoms with Gasteiger partial charge in [-0.15, -0.1) is 0 Å². The number of benzene rings is 1. The number of hydrogen-bond donors (Lipinski definition) is 1. The monoisotopic (exact) mass is 254 g/mol. The topological polar surface area (TPSA) is 29.3 Å². The Labute approximate surface area is 107 Å². The predicted octanol–water partition coefficient (Wildman–Crippen LogP) is 3.83. The second-order valence-corrected chi connectivity index (χ2v) is 5.77. The molecule has 0 unspecified atom stereocenters. The molecule has 0 atom stereocenters. The van der Waals surface area contributed by atoms with Crippen LogP contribution in [0.2, 0.25) is 0 Å². The molecule has 1 aromatic carbocycles. The molecule has 0 saturated carbocycles. The maximum absolute atomic E-state index is 13.0. The zero-order valence-electron chi connectivity index (χ0n) is 10.9. The third kappa shape index (κ3) is 2.74. The molecule has 1 fully saturated rings. The first-order valence-corrected chi connectivity index (χ1v) is 6.31. The van der Waals surface area contributed by atoms with Gasteiger partial charge in [-0.25, -0.2) is 8.78 Å². The Balaban J connectivity index is 2.24. The molecular formula is C14H20F2N2. The van der Waals surface area contributed by atoms with Crippen molar-refractivity contribution >= 4 is 11.4 Å². The van der Waals surface area contributed by atoms with Gasteiger partial charge in [-0.05, 0) is 36.5 Å². The van der Waals surface area contributed by atoms with Crippen LogP contribution in [0, 0.1) is 5.41 Å². The van der Waals surface area contributed by atoms with Crippen molar-refractivity contribution in [2.75, 3.05) is 23.7 Å². The Kier molecular flexibility index (Phi) is 3.46. The average Bonchev–Trinajstić information content (AvgIpc) is 2.29. The zero-order valence-corrected chi connectivity index (χ0v) is 10.9. The van der Waals surface area contributed by atoms with Crippen LogP contribution in [0.1, 0.15) is 38.7 Å². The number of nitrogen functional groups attached to an aromatic ring is 1. The van der Waals surface area contributed by atoms with Crippen LogP contribution in [-0.2, 0) is 0 Å². The number of nitrogens with zero attached hydrogens (tertiary/aromatic N) is 1. The highest BCUT2D eigenvalue weighted by Crippen LogP contribution is 2.36. The summed E-state index contributed by atoms with van der Waals surface area (Å²) in [6.07, 6.45) is -0.418. The SMILES string of the molecule is CC1(C)CCN(c2ccc(N)cc2C(F)F)CC1. The molecule has 4 heteroatoms.